The Bertz CT molecular complexity index is 454. The van der Waals surface area contributed by atoms with Crippen LogP contribution in [0.25, 0.3) is 0 Å². The van der Waals surface area contributed by atoms with Gasteiger partial charge in [-0.05, 0) is 30.9 Å². The van der Waals surface area contributed by atoms with Crippen LogP contribution in [0.5, 0.6) is 0 Å². The molecule has 4 nitrogen and oxygen atoms in total. The van der Waals surface area contributed by atoms with Crippen LogP contribution < -0.4 is 11.5 Å². The fourth-order valence-corrected chi connectivity index (χ4v) is 1.87. The molecular weight excluding hydrogens is 236 g/mol. The van der Waals surface area contributed by atoms with Crippen LogP contribution in [0.1, 0.15) is 34.3 Å². The highest BCUT2D eigenvalue weighted by Gasteiger charge is 2.19. The number of amides is 1. The summed E-state index contributed by atoms with van der Waals surface area (Å²) in [7, 11) is 0. The summed E-state index contributed by atoms with van der Waals surface area (Å²) in [6.07, 6.45) is 2.57. The smallest absolute Gasteiger partial charge is 0.273 e. The molecule has 0 bridgehead atoms. The van der Waals surface area contributed by atoms with Crippen molar-refractivity contribution in [3.05, 3.63) is 28.8 Å². The van der Waals surface area contributed by atoms with Crippen LogP contribution in [0.3, 0.4) is 0 Å². The van der Waals surface area contributed by atoms with Gasteiger partial charge in [0, 0.05) is 17.7 Å². The van der Waals surface area contributed by atoms with Gasteiger partial charge in [-0.2, -0.15) is 0 Å². The Morgan fingerprint density at radius 1 is 1.35 bits per heavy atom. The van der Waals surface area contributed by atoms with Gasteiger partial charge in [-0.25, -0.2) is 0 Å². The van der Waals surface area contributed by atoms with E-state index in [1.807, 2.05) is 19.1 Å². The number of hydrogen-bond donors (Lipinski definition) is 3. The molecule has 1 aromatic carbocycles. The number of anilines is 1. The van der Waals surface area contributed by atoms with Crippen molar-refractivity contribution in [3.63, 3.8) is 0 Å². The van der Waals surface area contributed by atoms with Gasteiger partial charge in [-0.3, -0.25) is 9.59 Å². The largest absolute Gasteiger partial charge is 0.398 e. The lowest BCUT2D eigenvalue weighted by molar-refractivity contribution is 0.0972. The maximum absolute atomic E-state index is 11.5. The highest BCUT2D eigenvalue weighted by molar-refractivity contribution is 7.96. The fraction of sp³-hybridized carbons (Fsp3) is 0.333. The minimum atomic E-state index is -0.639. The number of Topliss-reactive ketones (excluding diaryl/α,β-unsaturated/α-hetero) is 1. The zero-order chi connectivity index (χ0) is 13.0. The average molecular weight is 252 g/mol. The molecule has 92 valence electrons. The molecule has 1 amide bonds. The normalized spacial score (nSPS) is 13.4. The molecule has 1 aliphatic carbocycles. The van der Waals surface area contributed by atoms with E-state index in [1.165, 1.54) is 0 Å². The second-order valence-electron chi connectivity index (χ2n) is 3.94. The Kier molecular flexibility index (Phi) is 4.57. The first-order valence-corrected chi connectivity index (χ1v) is 5.77. The van der Waals surface area contributed by atoms with Crippen LogP contribution in [0.4, 0.5) is 10.5 Å². The third kappa shape index (κ3) is 3.49. The van der Waals surface area contributed by atoms with Crippen molar-refractivity contribution in [2.24, 2.45) is 5.73 Å². The summed E-state index contributed by atoms with van der Waals surface area (Å²) >= 11 is 3.10. The second-order valence-corrected chi connectivity index (χ2v) is 4.38. The van der Waals surface area contributed by atoms with Gasteiger partial charge >= 0.3 is 0 Å². The van der Waals surface area contributed by atoms with Crippen molar-refractivity contribution in [3.8, 4) is 0 Å². The Morgan fingerprint density at radius 2 is 1.94 bits per heavy atom. The second kappa shape index (κ2) is 5.72. The number of nitrogens with two attached hydrogens (primary N) is 2. The zero-order valence-electron chi connectivity index (χ0n) is 9.69. The lowest BCUT2D eigenvalue weighted by Crippen LogP contribution is -2.13. The van der Waals surface area contributed by atoms with Gasteiger partial charge in [0.05, 0.1) is 0 Å². The van der Waals surface area contributed by atoms with Gasteiger partial charge in [-0.1, -0.05) is 24.8 Å². The molecular formula is C12H16N2O2S. The van der Waals surface area contributed by atoms with Gasteiger partial charge in [0.15, 0.2) is 5.78 Å². The van der Waals surface area contributed by atoms with Crippen molar-refractivity contribution >= 4 is 29.3 Å². The molecule has 0 aromatic heterocycles. The highest BCUT2D eigenvalue weighted by atomic mass is 32.1. The Labute approximate surface area is 106 Å². The summed E-state index contributed by atoms with van der Waals surface area (Å²) < 4.78 is 0. The first-order chi connectivity index (χ1) is 7.93. The number of hydrogen-bond acceptors (Lipinski definition) is 3. The number of fused-ring (bicyclic) bond motifs is 1. The van der Waals surface area contributed by atoms with Crippen molar-refractivity contribution in [2.45, 2.75) is 26.2 Å². The van der Waals surface area contributed by atoms with Crippen LogP contribution in [-0.4, -0.2) is 11.0 Å². The molecule has 4 N–H and O–H groups in total. The minimum absolute atomic E-state index is 0.243. The van der Waals surface area contributed by atoms with E-state index in [4.69, 9.17) is 10.5 Å². The molecule has 0 aliphatic heterocycles. The number of rotatable bonds is 0. The Morgan fingerprint density at radius 3 is 2.53 bits per heavy atom. The fourth-order valence-electron chi connectivity index (χ4n) is 1.87. The standard InChI is InChI=1S/C11H13NO.CH3NOS/c1-7-5-6-8-9(11(7)12)3-2-4-10(8)13;2-1(3)4/h5-6H,2-4,12H2,1H3;(H3,2,3,4). The van der Waals surface area contributed by atoms with E-state index in [0.717, 1.165) is 35.2 Å². The molecule has 1 aromatic rings. The van der Waals surface area contributed by atoms with E-state index in [9.17, 15) is 4.79 Å². The number of nitrogen functional groups attached to an aromatic ring is 1. The van der Waals surface area contributed by atoms with Gasteiger partial charge in [-0.15, -0.1) is 0 Å². The quantitative estimate of drug-likeness (QED) is 0.488. The molecule has 1 aliphatic rings. The molecule has 0 saturated heterocycles. The molecule has 0 unspecified atom stereocenters. The minimum Gasteiger partial charge on any atom is -0.398 e. The molecule has 17 heavy (non-hydrogen) atoms. The summed E-state index contributed by atoms with van der Waals surface area (Å²) in [6, 6.07) is 3.83. The van der Waals surface area contributed by atoms with E-state index >= 15 is 0 Å². The first kappa shape index (κ1) is 13.6. The third-order valence-electron chi connectivity index (χ3n) is 2.71. The number of ketones is 1. The predicted molar refractivity (Wildman–Crippen MR) is 71.4 cm³/mol. The zero-order valence-corrected chi connectivity index (χ0v) is 10.6. The van der Waals surface area contributed by atoms with E-state index < -0.39 is 5.24 Å². The van der Waals surface area contributed by atoms with E-state index in [1.54, 1.807) is 0 Å². The summed E-state index contributed by atoms with van der Waals surface area (Å²) in [4.78, 5) is 20.6. The molecule has 0 radical (unpaired) electrons. The molecule has 0 fully saturated rings. The SMILES string of the molecule is Cc1ccc2c(c1N)CCCC2=O.NC(=O)S. The van der Waals surface area contributed by atoms with Crippen LogP contribution in [0, 0.1) is 6.92 Å². The number of carbonyl (C=O) groups is 2. The summed E-state index contributed by atoms with van der Waals surface area (Å²) in [5, 5.41) is -0.639. The van der Waals surface area contributed by atoms with E-state index in [2.05, 4.69) is 18.4 Å². The predicted octanol–water partition coefficient (Wildman–Crippen LogP) is 2.09. The molecule has 2 rings (SSSR count). The summed E-state index contributed by atoms with van der Waals surface area (Å²) in [6.45, 7) is 1.98. The maximum Gasteiger partial charge on any atom is 0.273 e. The van der Waals surface area contributed by atoms with Gasteiger partial charge in [0.25, 0.3) is 5.24 Å². The number of aryl methyl sites for hydroxylation is 1. The number of thiol groups is 1. The molecule has 0 saturated carbocycles. The number of primary amides is 1. The summed E-state index contributed by atoms with van der Waals surface area (Å²) in [5.41, 5.74) is 14.0. The van der Waals surface area contributed by atoms with Gasteiger partial charge < -0.3 is 11.5 Å². The average Bonchev–Trinajstić information content (AvgIpc) is 2.23. The van der Waals surface area contributed by atoms with Crippen LogP contribution in [0.2, 0.25) is 0 Å². The van der Waals surface area contributed by atoms with Crippen molar-refractivity contribution in [1.29, 1.82) is 0 Å². The van der Waals surface area contributed by atoms with Crippen molar-refractivity contribution in [2.75, 3.05) is 5.73 Å². The molecule has 0 atom stereocenters. The van der Waals surface area contributed by atoms with Crippen molar-refractivity contribution < 1.29 is 9.59 Å². The van der Waals surface area contributed by atoms with E-state index in [-0.39, 0.29) is 5.78 Å². The van der Waals surface area contributed by atoms with Gasteiger partial charge in [0.2, 0.25) is 0 Å². The Hall–Kier alpha value is -1.49. The van der Waals surface area contributed by atoms with E-state index in [0.29, 0.717) is 6.42 Å². The topological polar surface area (TPSA) is 86.2 Å². The van der Waals surface area contributed by atoms with Gasteiger partial charge in [0.1, 0.15) is 0 Å². The summed E-state index contributed by atoms with van der Waals surface area (Å²) in [5.74, 6) is 0.243. The highest BCUT2D eigenvalue weighted by Crippen LogP contribution is 2.28. The first-order valence-electron chi connectivity index (χ1n) is 5.33. The number of carbonyl (C=O) groups excluding carboxylic acids is 2. The number of benzene rings is 1. The third-order valence-corrected chi connectivity index (χ3v) is 2.71. The van der Waals surface area contributed by atoms with Crippen LogP contribution >= 0.6 is 12.6 Å². The monoisotopic (exact) mass is 252 g/mol. The van der Waals surface area contributed by atoms with Crippen LogP contribution in [-0.2, 0) is 6.42 Å². The molecule has 0 heterocycles. The van der Waals surface area contributed by atoms with Crippen LogP contribution in [0.15, 0.2) is 12.1 Å². The lowest BCUT2D eigenvalue weighted by Gasteiger charge is -2.17. The maximum atomic E-state index is 11.5. The molecule has 5 heteroatoms. The lowest BCUT2D eigenvalue weighted by atomic mass is 9.88. The Balaban J connectivity index is 0.000000317. The molecule has 0 spiro atoms. The van der Waals surface area contributed by atoms with Crippen molar-refractivity contribution in [1.82, 2.24) is 0 Å².